The Balaban J connectivity index is 2.21. The molecule has 104 valence electrons. The molecule has 19 heavy (non-hydrogen) atoms. The van der Waals surface area contributed by atoms with Crippen LogP contribution in [0.1, 0.15) is 33.4 Å². The van der Waals surface area contributed by atoms with Crippen LogP contribution in [-0.4, -0.2) is 22.4 Å². The molecule has 3 nitrogen and oxygen atoms in total. The Hall–Kier alpha value is -1.35. The summed E-state index contributed by atoms with van der Waals surface area (Å²) in [6.07, 6.45) is 0.994. The molecule has 0 fully saturated rings. The van der Waals surface area contributed by atoms with Gasteiger partial charge < -0.3 is 5.32 Å². The van der Waals surface area contributed by atoms with Gasteiger partial charge in [0.1, 0.15) is 0 Å². The number of aromatic nitrogens is 2. The highest BCUT2D eigenvalue weighted by Gasteiger charge is 2.22. The van der Waals surface area contributed by atoms with Crippen LogP contribution in [0, 0.1) is 5.41 Å². The lowest BCUT2D eigenvalue weighted by Gasteiger charge is -2.25. The van der Waals surface area contributed by atoms with Crippen LogP contribution in [0.2, 0.25) is 0 Å². The van der Waals surface area contributed by atoms with Crippen molar-refractivity contribution < 1.29 is 0 Å². The smallest absolute Gasteiger partial charge is 0.0709 e. The molecule has 2 aromatic rings. The minimum atomic E-state index is 0.210. The number of rotatable bonds is 5. The van der Waals surface area contributed by atoms with Crippen LogP contribution >= 0.6 is 0 Å². The Morgan fingerprint density at radius 2 is 1.95 bits per heavy atom. The predicted molar refractivity (Wildman–Crippen MR) is 81.3 cm³/mol. The molecule has 1 N–H and O–H groups in total. The molecule has 0 aliphatic heterocycles. The van der Waals surface area contributed by atoms with Crippen LogP contribution < -0.4 is 5.32 Å². The molecular formula is C16H25N3. The maximum Gasteiger partial charge on any atom is 0.0709 e. The highest BCUT2D eigenvalue weighted by Crippen LogP contribution is 2.26. The summed E-state index contributed by atoms with van der Waals surface area (Å²) < 4.78 is 1.98. The molecule has 0 aliphatic rings. The molecule has 1 aromatic heterocycles. The number of hydrogen-bond donors (Lipinski definition) is 1. The first-order valence-corrected chi connectivity index (χ1v) is 7.03. The van der Waals surface area contributed by atoms with Gasteiger partial charge in [0.2, 0.25) is 0 Å². The van der Waals surface area contributed by atoms with Crippen LogP contribution in [0.3, 0.4) is 0 Å². The summed E-state index contributed by atoms with van der Waals surface area (Å²) in [5.74, 6) is 0. The fraction of sp³-hybridized carbons (Fsp3) is 0.562. The third-order valence-electron chi connectivity index (χ3n) is 3.47. The Kier molecular flexibility index (Phi) is 3.95. The van der Waals surface area contributed by atoms with E-state index in [1.165, 1.54) is 16.6 Å². The molecule has 0 unspecified atom stereocenters. The summed E-state index contributed by atoms with van der Waals surface area (Å²) in [5.41, 5.74) is 2.63. The van der Waals surface area contributed by atoms with Crippen molar-refractivity contribution in [2.45, 2.75) is 40.2 Å². The van der Waals surface area contributed by atoms with E-state index in [9.17, 15) is 0 Å². The molecule has 3 heteroatoms. The third kappa shape index (κ3) is 3.35. The van der Waals surface area contributed by atoms with Crippen molar-refractivity contribution in [1.29, 1.82) is 0 Å². The first kappa shape index (κ1) is 14.1. The van der Waals surface area contributed by atoms with Crippen molar-refractivity contribution >= 4 is 10.9 Å². The van der Waals surface area contributed by atoms with E-state index in [-0.39, 0.29) is 5.41 Å². The van der Waals surface area contributed by atoms with Crippen molar-refractivity contribution in [3.8, 4) is 0 Å². The largest absolute Gasteiger partial charge is 0.314 e. The van der Waals surface area contributed by atoms with E-state index in [1.54, 1.807) is 0 Å². The van der Waals surface area contributed by atoms with Crippen LogP contribution in [0.25, 0.3) is 10.9 Å². The molecule has 0 aliphatic carbocycles. The highest BCUT2D eigenvalue weighted by atomic mass is 15.3. The summed E-state index contributed by atoms with van der Waals surface area (Å²) in [6, 6.07) is 8.99. The van der Waals surface area contributed by atoms with Gasteiger partial charge in [0.25, 0.3) is 0 Å². The quantitative estimate of drug-likeness (QED) is 0.894. The fourth-order valence-electron chi connectivity index (χ4n) is 2.42. The molecular weight excluding hydrogens is 234 g/mol. The van der Waals surface area contributed by atoms with Crippen molar-refractivity contribution in [2.24, 2.45) is 12.5 Å². The molecule has 0 saturated carbocycles. The lowest BCUT2D eigenvalue weighted by molar-refractivity contribution is 0.323. The highest BCUT2D eigenvalue weighted by molar-refractivity contribution is 5.81. The zero-order valence-electron chi connectivity index (χ0n) is 12.7. The van der Waals surface area contributed by atoms with Crippen molar-refractivity contribution in [1.82, 2.24) is 15.1 Å². The molecule has 0 bridgehead atoms. The van der Waals surface area contributed by atoms with E-state index in [0.717, 1.165) is 13.0 Å². The van der Waals surface area contributed by atoms with Crippen LogP contribution in [0.15, 0.2) is 24.3 Å². The van der Waals surface area contributed by atoms with Gasteiger partial charge in [0.15, 0.2) is 0 Å². The van der Waals surface area contributed by atoms with E-state index in [2.05, 4.69) is 57.3 Å². The number of fused-ring (bicyclic) bond motifs is 1. The van der Waals surface area contributed by atoms with Gasteiger partial charge >= 0.3 is 0 Å². The predicted octanol–water partition coefficient (Wildman–Crippen LogP) is 3.14. The first-order valence-electron chi connectivity index (χ1n) is 7.03. The molecule has 1 heterocycles. The van der Waals surface area contributed by atoms with Gasteiger partial charge in [-0.05, 0) is 17.9 Å². The standard InChI is InChI=1S/C16H25N3/c1-12(2)17-11-16(3,4)10-14-13-8-6-7-9-15(13)19(5)18-14/h6-9,12,17H,10-11H2,1-5H3. The molecule has 2 rings (SSSR count). The van der Waals surface area contributed by atoms with E-state index < -0.39 is 0 Å². The van der Waals surface area contributed by atoms with Gasteiger partial charge in [-0.15, -0.1) is 0 Å². The first-order chi connectivity index (χ1) is 8.89. The number of benzene rings is 1. The van der Waals surface area contributed by atoms with Gasteiger partial charge in [0.05, 0.1) is 11.2 Å². The maximum atomic E-state index is 4.69. The average molecular weight is 259 g/mol. The molecule has 0 saturated heterocycles. The van der Waals surface area contributed by atoms with Gasteiger partial charge in [-0.1, -0.05) is 45.9 Å². The Labute approximate surface area is 116 Å². The average Bonchev–Trinajstić information content (AvgIpc) is 2.64. The van der Waals surface area contributed by atoms with E-state index in [4.69, 9.17) is 5.10 Å². The summed E-state index contributed by atoms with van der Waals surface area (Å²) in [6.45, 7) is 9.98. The van der Waals surface area contributed by atoms with E-state index in [0.29, 0.717) is 6.04 Å². The number of para-hydroxylation sites is 1. The van der Waals surface area contributed by atoms with Gasteiger partial charge in [0, 0.05) is 25.0 Å². The SMILES string of the molecule is CC(C)NCC(C)(C)Cc1nn(C)c2ccccc12. The zero-order chi connectivity index (χ0) is 14.0. The normalized spacial score (nSPS) is 12.5. The molecule has 0 radical (unpaired) electrons. The van der Waals surface area contributed by atoms with Crippen molar-refractivity contribution in [3.05, 3.63) is 30.0 Å². The number of nitrogens with zero attached hydrogens (tertiary/aromatic N) is 2. The van der Waals surface area contributed by atoms with E-state index in [1.807, 2.05) is 11.7 Å². The zero-order valence-corrected chi connectivity index (χ0v) is 12.7. The molecule has 0 atom stereocenters. The molecule has 0 spiro atoms. The van der Waals surface area contributed by atoms with Crippen LogP contribution in [-0.2, 0) is 13.5 Å². The monoisotopic (exact) mass is 259 g/mol. The second-order valence-electron chi connectivity index (χ2n) is 6.46. The fourth-order valence-corrected chi connectivity index (χ4v) is 2.42. The van der Waals surface area contributed by atoms with E-state index >= 15 is 0 Å². The Morgan fingerprint density at radius 3 is 2.63 bits per heavy atom. The Morgan fingerprint density at radius 1 is 1.26 bits per heavy atom. The second kappa shape index (κ2) is 5.33. The topological polar surface area (TPSA) is 29.9 Å². The lowest BCUT2D eigenvalue weighted by Crippen LogP contribution is -2.35. The minimum Gasteiger partial charge on any atom is -0.314 e. The summed E-state index contributed by atoms with van der Waals surface area (Å²) >= 11 is 0. The third-order valence-corrected chi connectivity index (χ3v) is 3.47. The lowest BCUT2D eigenvalue weighted by atomic mass is 9.86. The van der Waals surface area contributed by atoms with Crippen LogP contribution in [0.4, 0.5) is 0 Å². The summed E-state index contributed by atoms with van der Waals surface area (Å²) in [5, 5.41) is 9.50. The van der Waals surface area contributed by atoms with Gasteiger partial charge in [-0.25, -0.2) is 0 Å². The minimum absolute atomic E-state index is 0.210. The molecule has 0 amide bonds. The number of nitrogens with one attached hydrogen (secondary N) is 1. The van der Waals surface area contributed by atoms with Gasteiger partial charge in [-0.2, -0.15) is 5.10 Å². The number of hydrogen-bond acceptors (Lipinski definition) is 2. The van der Waals surface area contributed by atoms with Gasteiger partial charge in [-0.3, -0.25) is 4.68 Å². The second-order valence-corrected chi connectivity index (χ2v) is 6.46. The summed E-state index contributed by atoms with van der Waals surface area (Å²) in [4.78, 5) is 0. The van der Waals surface area contributed by atoms with Crippen LogP contribution in [0.5, 0.6) is 0 Å². The number of aryl methyl sites for hydroxylation is 1. The maximum absolute atomic E-state index is 4.69. The van der Waals surface area contributed by atoms with Crippen molar-refractivity contribution in [2.75, 3.05) is 6.54 Å². The summed E-state index contributed by atoms with van der Waals surface area (Å²) in [7, 11) is 2.02. The molecule has 1 aromatic carbocycles. The Bertz CT molecular complexity index is 552. The van der Waals surface area contributed by atoms with Crippen molar-refractivity contribution in [3.63, 3.8) is 0 Å².